The molecule has 0 spiro atoms. The molecule has 0 bridgehead atoms. The van der Waals surface area contributed by atoms with E-state index in [1.807, 2.05) is 30.3 Å². The second-order valence-corrected chi connectivity index (χ2v) is 6.50. The van der Waals surface area contributed by atoms with Crippen LogP contribution in [0.25, 0.3) is 11.5 Å². The summed E-state index contributed by atoms with van der Waals surface area (Å²) in [5.41, 5.74) is 7.83. The quantitative estimate of drug-likeness (QED) is 0.920. The number of aromatic nitrogens is 1. The van der Waals surface area contributed by atoms with Gasteiger partial charge in [0.1, 0.15) is 11.5 Å². The van der Waals surface area contributed by atoms with Crippen LogP contribution in [0.2, 0.25) is 0 Å². The number of amides is 1. The fourth-order valence-electron chi connectivity index (χ4n) is 2.93. The molecule has 3 rings (SSSR count). The van der Waals surface area contributed by atoms with E-state index in [-0.39, 0.29) is 18.3 Å². The molecule has 6 heteroatoms. The highest BCUT2D eigenvalue weighted by atomic mass is 35.5. The van der Waals surface area contributed by atoms with Crippen molar-refractivity contribution in [3.63, 3.8) is 0 Å². The molecule has 1 aromatic carbocycles. The highest BCUT2D eigenvalue weighted by Crippen LogP contribution is 2.26. The molecule has 1 atom stereocenters. The third-order valence-electron chi connectivity index (χ3n) is 4.10. The van der Waals surface area contributed by atoms with Crippen molar-refractivity contribution in [3.8, 4) is 11.5 Å². The molecule has 130 valence electrons. The van der Waals surface area contributed by atoms with Crippen LogP contribution in [0.1, 0.15) is 31.7 Å². The van der Waals surface area contributed by atoms with E-state index in [0.29, 0.717) is 37.7 Å². The third kappa shape index (κ3) is 3.97. The first-order valence-corrected chi connectivity index (χ1v) is 8.13. The SMILES string of the molecule is CC(C)C[C@@H](N)C(=O)N1CCc2oc(-c3ccccc3)nc2C1.Cl. The molecule has 2 aromatic rings. The number of halogens is 1. The Morgan fingerprint density at radius 2 is 2.04 bits per heavy atom. The van der Waals surface area contributed by atoms with Crippen LogP contribution in [0.4, 0.5) is 0 Å². The molecule has 0 aliphatic carbocycles. The smallest absolute Gasteiger partial charge is 0.239 e. The average Bonchev–Trinajstić information content (AvgIpc) is 2.97. The number of hydrogen-bond donors (Lipinski definition) is 1. The van der Waals surface area contributed by atoms with Gasteiger partial charge in [0.25, 0.3) is 0 Å². The van der Waals surface area contributed by atoms with Crippen LogP contribution < -0.4 is 5.73 Å². The highest BCUT2D eigenvalue weighted by molar-refractivity contribution is 5.85. The van der Waals surface area contributed by atoms with Gasteiger partial charge in [-0.05, 0) is 24.5 Å². The maximum atomic E-state index is 12.5. The van der Waals surface area contributed by atoms with Gasteiger partial charge in [-0.2, -0.15) is 0 Å². The summed E-state index contributed by atoms with van der Waals surface area (Å²) in [5, 5.41) is 0. The molecule has 1 aliphatic heterocycles. The van der Waals surface area contributed by atoms with Crippen LogP contribution in [0.3, 0.4) is 0 Å². The van der Waals surface area contributed by atoms with Gasteiger partial charge in [0.05, 0.1) is 12.6 Å². The fraction of sp³-hybridized carbons (Fsp3) is 0.444. The summed E-state index contributed by atoms with van der Waals surface area (Å²) < 4.78 is 5.86. The number of nitrogens with two attached hydrogens (primary N) is 1. The largest absolute Gasteiger partial charge is 0.441 e. The molecule has 0 saturated heterocycles. The van der Waals surface area contributed by atoms with Gasteiger partial charge in [-0.25, -0.2) is 4.98 Å². The third-order valence-corrected chi connectivity index (χ3v) is 4.10. The summed E-state index contributed by atoms with van der Waals surface area (Å²) >= 11 is 0. The minimum atomic E-state index is -0.433. The van der Waals surface area contributed by atoms with Crippen LogP contribution in [0.15, 0.2) is 34.7 Å². The number of fused-ring (bicyclic) bond motifs is 1. The average molecular weight is 350 g/mol. The molecule has 1 aromatic heterocycles. The number of benzene rings is 1. The molecular weight excluding hydrogens is 326 g/mol. The van der Waals surface area contributed by atoms with E-state index in [1.54, 1.807) is 4.90 Å². The zero-order valence-electron chi connectivity index (χ0n) is 14.1. The Balaban J connectivity index is 0.00000208. The first-order valence-electron chi connectivity index (χ1n) is 8.13. The summed E-state index contributed by atoms with van der Waals surface area (Å²) in [6.45, 7) is 5.27. The topological polar surface area (TPSA) is 72.4 Å². The Bertz CT molecular complexity index is 685. The van der Waals surface area contributed by atoms with Crippen LogP contribution in [0, 0.1) is 5.92 Å². The van der Waals surface area contributed by atoms with E-state index in [4.69, 9.17) is 10.2 Å². The van der Waals surface area contributed by atoms with Crippen molar-refractivity contribution in [2.45, 2.75) is 39.3 Å². The molecule has 24 heavy (non-hydrogen) atoms. The lowest BCUT2D eigenvalue weighted by Gasteiger charge is -2.28. The molecular formula is C18H24ClN3O2. The predicted molar refractivity (Wildman–Crippen MR) is 95.7 cm³/mol. The predicted octanol–water partition coefficient (Wildman–Crippen LogP) is 3.02. The number of nitrogens with zero attached hydrogens (tertiary/aromatic N) is 2. The number of oxazole rings is 1. The van der Waals surface area contributed by atoms with E-state index in [9.17, 15) is 4.79 Å². The van der Waals surface area contributed by atoms with Crippen molar-refractivity contribution in [1.29, 1.82) is 0 Å². The number of carbonyl (C=O) groups excluding carboxylic acids is 1. The molecule has 0 radical (unpaired) electrons. The zero-order valence-corrected chi connectivity index (χ0v) is 14.9. The van der Waals surface area contributed by atoms with Gasteiger partial charge in [-0.1, -0.05) is 32.0 Å². The van der Waals surface area contributed by atoms with Crippen LogP contribution in [-0.2, 0) is 17.8 Å². The molecule has 2 heterocycles. The molecule has 2 N–H and O–H groups in total. The van der Waals surface area contributed by atoms with Crippen LogP contribution in [0.5, 0.6) is 0 Å². The van der Waals surface area contributed by atoms with E-state index in [1.165, 1.54) is 0 Å². The van der Waals surface area contributed by atoms with Crippen molar-refractivity contribution in [3.05, 3.63) is 41.8 Å². The van der Waals surface area contributed by atoms with Crippen molar-refractivity contribution in [1.82, 2.24) is 9.88 Å². The Labute approximate surface area is 148 Å². The molecule has 0 fully saturated rings. The number of carbonyl (C=O) groups is 1. The van der Waals surface area contributed by atoms with Crippen LogP contribution >= 0.6 is 12.4 Å². The standard InChI is InChI=1S/C18H23N3O2.ClH/c1-12(2)10-14(19)18(22)21-9-8-16-15(11-21)20-17(23-16)13-6-4-3-5-7-13;/h3-7,12,14H,8-11,19H2,1-2H3;1H/t14-;/m1./s1. The van der Waals surface area contributed by atoms with Crippen molar-refractivity contribution in [2.24, 2.45) is 11.7 Å². The second-order valence-electron chi connectivity index (χ2n) is 6.50. The van der Waals surface area contributed by atoms with Gasteiger partial charge in [-0.3, -0.25) is 4.79 Å². The molecule has 0 unspecified atom stereocenters. The summed E-state index contributed by atoms with van der Waals surface area (Å²) in [6, 6.07) is 9.39. The second kappa shape index (κ2) is 7.81. The van der Waals surface area contributed by atoms with Crippen molar-refractivity contribution < 1.29 is 9.21 Å². The lowest BCUT2D eigenvalue weighted by molar-refractivity contribution is -0.134. The van der Waals surface area contributed by atoms with Gasteiger partial charge >= 0.3 is 0 Å². The van der Waals surface area contributed by atoms with E-state index >= 15 is 0 Å². The Morgan fingerprint density at radius 3 is 2.71 bits per heavy atom. The summed E-state index contributed by atoms with van der Waals surface area (Å²) in [5.74, 6) is 1.92. The van der Waals surface area contributed by atoms with E-state index in [2.05, 4.69) is 18.8 Å². The first kappa shape index (κ1) is 18.5. The van der Waals surface area contributed by atoms with Crippen molar-refractivity contribution >= 4 is 18.3 Å². The Hall–Kier alpha value is -1.85. The Kier molecular flexibility index (Phi) is 6.02. The van der Waals surface area contributed by atoms with Gasteiger partial charge < -0.3 is 15.1 Å². The summed E-state index contributed by atoms with van der Waals surface area (Å²) in [4.78, 5) is 18.8. The number of hydrogen-bond acceptors (Lipinski definition) is 4. The zero-order chi connectivity index (χ0) is 16.4. The lowest BCUT2D eigenvalue weighted by atomic mass is 10.0. The molecule has 1 aliphatic rings. The molecule has 1 amide bonds. The maximum Gasteiger partial charge on any atom is 0.239 e. The Morgan fingerprint density at radius 1 is 1.33 bits per heavy atom. The van der Waals surface area contributed by atoms with Crippen LogP contribution in [-0.4, -0.2) is 28.4 Å². The van der Waals surface area contributed by atoms with Crippen molar-refractivity contribution in [2.75, 3.05) is 6.54 Å². The first-order chi connectivity index (χ1) is 11.0. The number of rotatable bonds is 4. The minimum absolute atomic E-state index is 0. The minimum Gasteiger partial charge on any atom is -0.441 e. The van der Waals surface area contributed by atoms with E-state index in [0.717, 1.165) is 17.0 Å². The fourth-order valence-corrected chi connectivity index (χ4v) is 2.93. The molecule has 5 nitrogen and oxygen atoms in total. The summed E-state index contributed by atoms with van der Waals surface area (Å²) in [7, 11) is 0. The summed E-state index contributed by atoms with van der Waals surface area (Å²) in [6.07, 6.45) is 1.39. The van der Waals surface area contributed by atoms with Gasteiger partial charge in [0.2, 0.25) is 11.8 Å². The maximum absolute atomic E-state index is 12.5. The van der Waals surface area contributed by atoms with E-state index < -0.39 is 6.04 Å². The van der Waals surface area contributed by atoms with Gasteiger partial charge in [0, 0.05) is 18.5 Å². The van der Waals surface area contributed by atoms with Gasteiger partial charge in [-0.15, -0.1) is 12.4 Å². The highest BCUT2D eigenvalue weighted by Gasteiger charge is 2.28. The van der Waals surface area contributed by atoms with Gasteiger partial charge in [0.15, 0.2) is 0 Å². The lowest BCUT2D eigenvalue weighted by Crippen LogP contribution is -2.46. The monoisotopic (exact) mass is 349 g/mol. The molecule has 0 saturated carbocycles. The normalized spacial score (nSPS) is 14.9.